The molecule has 0 saturated carbocycles. The van der Waals surface area contributed by atoms with E-state index in [1.165, 1.54) is 0 Å². The number of carbonyl (C=O) groups excluding carboxylic acids is 2. The van der Waals surface area contributed by atoms with Crippen LogP contribution >= 0.6 is 0 Å². The van der Waals surface area contributed by atoms with Gasteiger partial charge in [0.1, 0.15) is 18.2 Å². The van der Waals surface area contributed by atoms with Crippen molar-refractivity contribution in [3.05, 3.63) is 36.0 Å². The van der Waals surface area contributed by atoms with E-state index in [9.17, 15) is 19.2 Å². The summed E-state index contributed by atoms with van der Waals surface area (Å²) in [5.41, 5.74) is 1.26. The van der Waals surface area contributed by atoms with Gasteiger partial charge in [-0.05, 0) is 32.4 Å². The van der Waals surface area contributed by atoms with Crippen molar-refractivity contribution in [3.8, 4) is 0 Å². The monoisotopic (exact) mass is 435 g/mol. The summed E-state index contributed by atoms with van der Waals surface area (Å²) in [4.78, 5) is 46.4. The van der Waals surface area contributed by atoms with Crippen molar-refractivity contribution in [2.75, 3.05) is 6.54 Å². The van der Waals surface area contributed by atoms with Gasteiger partial charge in [-0.15, -0.1) is 0 Å². The molecule has 1 atom stereocenters. The van der Waals surface area contributed by atoms with Gasteiger partial charge in [0, 0.05) is 29.9 Å². The molecule has 2 amide bonds. The number of carboxylic acid groups (broad SMARTS) is 2. The zero-order chi connectivity index (χ0) is 23.6. The number of aromatic nitrogens is 1. The molecule has 1 unspecified atom stereocenters. The molecule has 10 heteroatoms. The molecule has 2 rings (SSSR count). The van der Waals surface area contributed by atoms with Crippen LogP contribution in [0.4, 0.5) is 4.79 Å². The minimum absolute atomic E-state index is 0.257. The Bertz CT molecular complexity index is 915. The van der Waals surface area contributed by atoms with E-state index < -0.39 is 36.2 Å². The number of benzene rings is 1. The van der Waals surface area contributed by atoms with E-state index in [1.54, 1.807) is 33.9 Å². The van der Waals surface area contributed by atoms with Gasteiger partial charge in [-0.1, -0.05) is 25.1 Å². The van der Waals surface area contributed by atoms with Gasteiger partial charge < -0.3 is 30.6 Å². The lowest BCUT2D eigenvalue weighted by atomic mass is 10.0. The van der Waals surface area contributed by atoms with Crippen molar-refractivity contribution in [1.29, 1.82) is 0 Å². The topological polar surface area (TPSA) is 158 Å². The number of carbonyl (C=O) groups is 4. The Balaban J connectivity index is 0.000000348. The fraction of sp³-hybridized carbons (Fsp3) is 0.429. The molecule has 0 radical (unpaired) electrons. The normalized spacial score (nSPS) is 11.6. The first-order valence-corrected chi connectivity index (χ1v) is 9.68. The third kappa shape index (κ3) is 9.66. The maximum atomic E-state index is 11.3. The molecule has 0 bridgehead atoms. The summed E-state index contributed by atoms with van der Waals surface area (Å²) in [6.07, 6.45) is 1.62. The summed E-state index contributed by atoms with van der Waals surface area (Å²) >= 11 is 0. The van der Waals surface area contributed by atoms with Gasteiger partial charge in [-0.25, -0.2) is 9.59 Å². The Kier molecular flexibility index (Phi) is 9.52. The number of ether oxygens (including phenoxy) is 1. The molecule has 0 saturated heterocycles. The molecule has 10 nitrogen and oxygen atoms in total. The average molecular weight is 435 g/mol. The van der Waals surface area contributed by atoms with Crippen LogP contribution in [0.5, 0.6) is 0 Å². The van der Waals surface area contributed by atoms with E-state index in [0.29, 0.717) is 0 Å². The van der Waals surface area contributed by atoms with E-state index in [0.717, 1.165) is 16.5 Å². The van der Waals surface area contributed by atoms with E-state index in [-0.39, 0.29) is 18.7 Å². The first-order chi connectivity index (χ1) is 14.4. The molecular weight excluding hydrogens is 406 g/mol. The zero-order valence-electron chi connectivity index (χ0n) is 18.0. The number of H-pyrrole nitrogens is 1. The molecule has 170 valence electrons. The molecular formula is C21H29N3O7. The SMILES string of the molecule is CC(C)(C)OC(=O)NCC(=O)O.CCC(=O)NC(Cc1c[nH]c2ccccc12)C(=O)O. The van der Waals surface area contributed by atoms with Crippen LogP contribution in [0.25, 0.3) is 10.9 Å². The summed E-state index contributed by atoms with van der Waals surface area (Å²) in [7, 11) is 0. The number of para-hydroxylation sites is 1. The Hall–Kier alpha value is -3.56. The summed E-state index contributed by atoms with van der Waals surface area (Å²) in [5, 5.41) is 22.9. The van der Waals surface area contributed by atoms with Gasteiger partial charge >= 0.3 is 18.0 Å². The number of aliphatic carboxylic acids is 2. The third-order valence-corrected chi connectivity index (χ3v) is 3.84. The molecule has 1 aromatic carbocycles. The van der Waals surface area contributed by atoms with Crippen LogP contribution in [0.15, 0.2) is 30.5 Å². The van der Waals surface area contributed by atoms with E-state index in [4.69, 9.17) is 14.9 Å². The summed E-state index contributed by atoms with van der Waals surface area (Å²) in [5.74, 6) is -2.37. The molecule has 5 N–H and O–H groups in total. The number of rotatable bonds is 7. The summed E-state index contributed by atoms with van der Waals surface area (Å²) < 4.78 is 4.77. The highest BCUT2D eigenvalue weighted by Gasteiger charge is 2.21. The maximum Gasteiger partial charge on any atom is 0.408 e. The van der Waals surface area contributed by atoms with Crippen molar-refractivity contribution in [2.45, 2.75) is 52.2 Å². The number of alkyl carbamates (subject to hydrolysis) is 1. The number of aromatic amines is 1. The van der Waals surface area contributed by atoms with Crippen molar-refractivity contribution in [3.63, 3.8) is 0 Å². The smallest absolute Gasteiger partial charge is 0.408 e. The largest absolute Gasteiger partial charge is 0.480 e. The molecule has 31 heavy (non-hydrogen) atoms. The number of nitrogens with one attached hydrogen (secondary N) is 3. The minimum atomic E-state index is -1.10. The lowest BCUT2D eigenvalue weighted by Gasteiger charge is -2.19. The Morgan fingerprint density at radius 3 is 2.32 bits per heavy atom. The first kappa shape index (κ1) is 25.5. The molecule has 1 aromatic heterocycles. The quantitative estimate of drug-likeness (QED) is 0.446. The number of carboxylic acids is 2. The summed E-state index contributed by atoms with van der Waals surface area (Å²) in [6, 6.07) is 6.78. The van der Waals surface area contributed by atoms with Crippen LogP contribution < -0.4 is 10.6 Å². The van der Waals surface area contributed by atoms with E-state index >= 15 is 0 Å². The molecule has 0 fully saturated rings. The average Bonchev–Trinajstić information content (AvgIpc) is 3.08. The minimum Gasteiger partial charge on any atom is -0.480 e. The second kappa shape index (κ2) is 11.6. The highest BCUT2D eigenvalue weighted by Crippen LogP contribution is 2.19. The molecule has 0 aliphatic carbocycles. The second-order valence-corrected chi connectivity index (χ2v) is 7.62. The number of hydrogen-bond acceptors (Lipinski definition) is 5. The van der Waals surface area contributed by atoms with Crippen LogP contribution in [0, 0.1) is 0 Å². The van der Waals surface area contributed by atoms with Crippen LogP contribution in [0.3, 0.4) is 0 Å². The van der Waals surface area contributed by atoms with E-state index in [1.807, 2.05) is 24.3 Å². The van der Waals surface area contributed by atoms with Crippen molar-refractivity contribution in [1.82, 2.24) is 15.6 Å². The van der Waals surface area contributed by atoms with Gasteiger partial charge in [0.15, 0.2) is 0 Å². The van der Waals surface area contributed by atoms with Crippen molar-refractivity contribution >= 4 is 34.8 Å². The fourth-order valence-corrected chi connectivity index (χ4v) is 2.48. The Labute approximate surface area is 180 Å². The molecule has 0 spiro atoms. The standard InChI is InChI=1S/C14H16N2O3.C7H13NO4/c1-2-13(17)16-12(14(18)19)7-9-8-15-11-6-4-3-5-10(9)11;1-7(2,3)12-6(11)8-4-5(9)10/h3-6,8,12,15H,2,7H2,1H3,(H,16,17)(H,18,19);4H2,1-3H3,(H,8,11)(H,9,10). The van der Waals surface area contributed by atoms with Crippen molar-refractivity contribution < 1.29 is 34.1 Å². The van der Waals surface area contributed by atoms with Crippen LogP contribution in [0.1, 0.15) is 39.7 Å². The lowest BCUT2D eigenvalue weighted by molar-refractivity contribution is -0.141. The highest BCUT2D eigenvalue weighted by molar-refractivity contribution is 5.86. The molecule has 1 heterocycles. The maximum absolute atomic E-state index is 11.3. The number of amides is 2. The van der Waals surface area contributed by atoms with Gasteiger partial charge in [0.2, 0.25) is 5.91 Å². The van der Waals surface area contributed by atoms with Crippen LogP contribution in [0.2, 0.25) is 0 Å². The molecule has 0 aliphatic rings. The highest BCUT2D eigenvalue weighted by atomic mass is 16.6. The fourth-order valence-electron chi connectivity index (χ4n) is 2.48. The van der Waals surface area contributed by atoms with Crippen LogP contribution in [-0.4, -0.2) is 57.3 Å². The summed E-state index contributed by atoms with van der Waals surface area (Å²) in [6.45, 7) is 6.38. The van der Waals surface area contributed by atoms with Crippen molar-refractivity contribution in [2.24, 2.45) is 0 Å². The van der Waals surface area contributed by atoms with Gasteiger partial charge in [-0.3, -0.25) is 9.59 Å². The Morgan fingerprint density at radius 2 is 1.77 bits per heavy atom. The van der Waals surface area contributed by atoms with Gasteiger partial charge in [0.25, 0.3) is 0 Å². The predicted molar refractivity (Wildman–Crippen MR) is 114 cm³/mol. The van der Waals surface area contributed by atoms with Crippen LogP contribution in [-0.2, 0) is 25.5 Å². The predicted octanol–water partition coefficient (Wildman–Crippen LogP) is 2.29. The first-order valence-electron chi connectivity index (χ1n) is 9.68. The molecule has 0 aliphatic heterocycles. The lowest BCUT2D eigenvalue weighted by Crippen LogP contribution is -2.41. The number of hydrogen-bond donors (Lipinski definition) is 5. The molecule has 2 aromatic rings. The van der Waals surface area contributed by atoms with Gasteiger partial charge in [-0.2, -0.15) is 0 Å². The number of fused-ring (bicyclic) bond motifs is 1. The third-order valence-electron chi connectivity index (χ3n) is 3.84. The second-order valence-electron chi connectivity index (χ2n) is 7.62. The van der Waals surface area contributed by atoms with Gasteiger partial charge in [0.05, 0.1) is 0 Å². The van der Waals surface area contributed by atoms with E-state index in [2.05, 4.69) is 15.6 Å². The zero-order valence-corrected chi connectivity index (χ0v) is 18.0. The Morgan fingerprint density at radius 1 is 1.13 bits per heavy atom.